The molecule has 2 aromatic rings. The maximum absolute atomic E-state index is 13.2. The number of pyridine rings is 1. The van der Waals surface area contributed by atoms with Crippen LogP contribution in [0.3, 0.4) is 0 Å². The van der Waals surface area contributed by atoms with Gasteiger partial charge in [0.1, 0.15) is 16.9 Å². The van der Waals surface area contributed by atoms with Crippen LogP contribution < -0.4 is 14.5 Å². The molecule has 1 aliphatic carbocycles. The molecule has 4 rings (SSSR count). The third kappa shape index (κ3) is 2.93. The number of hydrogen-bond donors (Lipinski definition) is 1. The third-order valence-electron chi connectivity index (χ3n) is 5.23. The van der Waals surface area contributed by atoms with E-state index in [0.717, 1.165) is 40.3 Å². The summed E-state index contributed by atoms with van der Waals surface area (Å²) < 4.78 is 40.9. The van der Waals surface area contributed by atoms with E-state index in [0.29, 0.717) is 6.42 Å². The number of amides is 3. The first-order valence-corrected chi connectivity index (χ1v) is 8.78. The van der Waals surface area contributed by atoms with Gasteiger partial charge in [0.15, 0.2) is 0 Å². The van der Waals surface area contributed by atoms with Gasteiger partial charge in [-0.2, -0.15) is 0 Å². The van der Waals surface area contributed by atoms with Crippen molar-refractivity contribution in [2.45, 2.75) is 25.2 Å². The Bertz CT molecular complexity index is 1060. The van der Waals surface area contributed by atoms with Gasteiger partial charge in [-0.25, -0.2) is 14.5 Å². The van der Waals surface area contributed by atoms with Gasteiger partial charge in [-0.15, -0.1) is 13.2 Å². The van der Waals surface area contributed by atoms with Crippen molar-refractivity contribution >= 4 is 29.3 Å². The van der Waals surface area contributed by atoms with Crippen LogP contribution in [0.4, 0.5) is 29.3 Å². The van der Waals surface area contributed by atoms with Crippen LogP contribution in [0.5, 0.6) is 5.75 Å². The Balaban J connectivity index is 1.74. The number of hydrogen-bond acceptors (Lipinski definition) is 5. The lowest BCUT2D eigenvalue weighted by molar-refractivity contribution is -0.274. The average Bonchev–Trinajstić information content (AvgIpc) is 3.28. The van der Waals surface area contributed by atoms with Gasteiger partial charge in [0.05, 0.1) is 11.4 Å². The Morgan fingerprint density at radius 3 is 2.40 bits per heavy atom. The molecule has 2 fully saturated rings. The maximum Gasteiger partial charge on any atom is 0.573 e. The topological polar surface area (TPSA) is 100 Å². The quantitative estimate of drug-likeness (QED) is 0.760. The van der Waals surface area contributed by atoms with Crippen molar-refractivity contribution in [2.75, 3.05) is 9.80 Å². The fourth-order valence-electron chi connectivity index (χ4n) is 3.75. The molecule has 1 spiro atoms. The normalized spacial score (nSPS) is 23.3. The summed E-state index contributed by atoms with van der Waals surface area (Å²) in [5.41, 5.74) is -1.41. The Morgan fingerprint density at radius 1 is 1.23 bits per heavy atom. The molecule has 8 nitrogen and oxygen atoms in total. The van der Waals surface area contributed by atoms with Crippen molar-refractivity contribution in [1.82, 2.24) is 4.98 Å². The van der Waals surface area contributed by atoms with Crippen molar-refractivity contribution in [3.8, 4) is 5.75 Å². The number of rotatable bonds is 4. The summed E-state index contributed by atoms with van der Waals surface area (Å²) in [5.74, 6) is -2.62. The van der Waals surface area contributed by atoms with E-state index >= 15 is 0 Å². The number of carbonyl (C=O) groups is 3. The van der Waals surface area contributed by atoms with E-state index in [9.17, 15) is 32.7 Å². The fraction of sp³-hybridized carbons (Fsp3) is 0.263. The molecular weight excluding hydrogens is 407 g/mol. The number of alkyl halides is 3. The molecular formula is C19H14F3N3O5. The van der Waals surface area contributed by atoms with Crippen LogP contribution in [0.2, 0.25) is 0 Å². The molecule has 2 heterocycles. The van der Waals surface area contributed by atoms with Gasteiger partial charge in [0, 0.05) is 12.4 Å². The number of imide groups is 1. The monoisotopic (exact) mass is 421 g/mol. The molecule has 2 atom stereocenters. The van der Waals surface area contributed by atoms with Crippen molar-refractivity contribution in [3.05, 3.63) is 48.3 Å². The highest BCUT2D eigenvalue weighted by Gasteiger charge is 2.71. The number of aromatic nitrogens is 1. The number of nitrogens with zero attached hydrogens (tertiary/aromatic N) is 3. The van der Waals surface area contributed by atoms with E-state index in [2.05, 4.69) is 9.72 Å². The summed E-state index contributed by atoms with van der Waals surface area (Å²) in [5, 5.41) is 9.46. The van der Waals surface area contributed by atoms with Crippen LogP contribution in [0, 0.1) is 5.92 Å². The van der Waals surface area contributed by atoms with Crippen LogP contribution in [0.1, 0.15) is 23.7 Å². The predicted octanol–water partition coefficient (Wildman–Crippen LogP) is 3.43. The molecule has 2 aliphatic rings. The molecule has 0 bridgehead atoms. The summed E-state index contributed by atoms with van der Waals surface area (Å²) >= 11 is 0. The van der Waals surface area contributed by atoms with Crippen molar-refractivity contribution < 1.29 is 37.4 Å². The molecule has 3 amide bonds. The zero-order valence-corrected chi connectivity index (χ0v) is 15.4. The van der Waals surface area contributed by atoms with E-state index < -0.39 is 35.6 Å². The third-order valence-corrected chi connectivity index (χ3v) is 5.23. The summed E-state index contributed by atoms with van der Waals surface area (Å²) in [6.07, 6.45) is -2.15. The number of benzene rings is 1. The lowest BCUT2D eigenvalue weighted by Crippen LogP contribution is -2.39. The first-order valence-electron chi connectivity index (χ1n) is 8.78. The van der Waals surface area contributed by atoms with E-state index in [4.69, 9.17) is 0 Å². The van der Waals surface area contributed by atoms with Gasteiger partial charge in [-0.05, 0) is 42.7 Å². The molecule has 1 aromatic heterocycles. The van der Waals surface area contributed by atoms with Crippen LogP contribution in [0.15, 0.2) is 42.7 Å². The Kier molecular flexibility index (Phi) is 4.22. The number of aromatic carboxylic acids is 1. The average molecular weight is 421 g/mol. The second kappa shape index (κ2) is 6.44. The number of ether oxygens (including phenoxy) is 1. The van der Waals surface area contributed by atoms with Gasteiger partial charge < -0.3 is 9.84 Å². The van der Waals surface area contributed by atoms with Crippen molar-refractivity contribution in [3.63, 3.8) is 0 Å². The summed E-state index contributed by atoms with van der Waals surface area (Å²) in [4.78, 5) is 43.7. The van der Waals surface area contributed by atoms with E-state index in [1.807, 2.05) is 0 Å². The zero-order valence-electron chi connectivity index (χ0n) is 15.4. The second-order valence-electron chi connectivity index (χ2n) is 7.03. The minimum absolute atomic E-state index is 0.0275. The van der Waals surface area contributed by atoms with E-state index in [1.54, 1.807) is 6.92 Å². The van der Waals surface area contributed by atoms with Gasteiger partial charge in [-0.3, -0.25) is 14.7 Å². The molecule has 1 aliphatic heterocycles. The highest BCUT2D eigenvalue weighted by atomic mass is 19.4. The lowest BCUT2D eigenvalue weighted by Gasteiger charge is -2.23. The highest BCUT2D eigenvalue weighted by Crippen LogP contribution is 2.55. The molecule has 1 saturated heterocycles. The molecule has 156 valence electrons. The molecule has 1 saturated carbocycles. The number of carboxylic acid groups (broad SMARTS) is 1. The van der Waals surface area contributed by atoms with Crippen LogP contribution in [0.25, 0.3) is 0 Å². The zero-order chi connectivity index (χ0) is 21.8. The first-order chi connectivity index (χ1) is 14.1. The predicted molar refractivity (Wildman–Crippen MR) is 96.2 cm³/mol. The molecule has 30 heavy (non-hydrogen) atoms. The minimum Gasteiger partial charge on any atom is -0.478 e. The summed E-state index contributed by atoms with van der Waals surface area (Å²) in [6, 6.07) is 4.85. The summed E-state index contributed by atoms with van der Waals surface area (Å²) in [6.45, 7) is 1.75. The molecule has 2 unspecified atom stereocenters. The number of urea groups is 1. The fourth-order valence-corrected chi connectivity index (χ4v) is 3.75. The SMILES string of the molecule is CC1CC12C(=O)N(c1ccc(OC(F)(F)F)cc1)C(=O)N2c1ccncc1C(=O)O. The van der Waals surface area contributed by atoms with Crippen LogP contribution >= 0.6 is 0 Å². The minimum atomic E-state index is -4.88. The number of carbonyl (C=O) groups excluding carboxylic acids is 2. The van der Waals surface area contributed by atoms with E-state index in [1.165, 1.54) is 12.3 Å². The lowest BCUT2D eigenvalue weighted by atomic mass is 10.1. The second-order valence-corrected chi connectivity index (χ2v) is 7.03. The largest absolute Gasteiger partial charge is 0.573 e. The Hall–Kier alpha value is -3.63. The van der Waals surface area contributed by atoms with Gasteiger partial charge in [0.2, 0.25) is 0 Å². The first kappa shape index (κ1) is 19.7. The molecule has 1 N–H and O–H groups in total. The molecule has 1 aromatic carbocycles. The maximum atomic E-state index is 13.2. The highest BCUT2D eigenvalue weighted by molar-refractivity contribution is 6.32. The van der Waals surface area contributed by atoms with Crippen LogP contribution in [-0.2, 0) is 4.79 Å². The Labute approximate surface area is 167 Å². The van der Waals surface area contributed by atoms with Gasteiger partial charge >= 0.3 is 18.4 Å². The van der Waals surface area contributed by atoms with Crippen LogP contribution in [-0.4, -0.2) is 39.9 Å². The molecule has 0 radical (unpaired) electrons. The number of halogens is 3. The summed E-state index contributed by atoms with van der Waals surface area (Å²) in [7, 11) is 0. The smallest absolute Gasteiger partial charge is 0.478 e. The van der Waals surface area contributed by atoms with E-state index in [-0.39, 0.29) is 22.9 Å². The standard InChI is InChI=1S/C19H14F3N3O5/c1-10-8-18(10)16(28)24(11-2-4-12(5-3-11)30-19(20,21)22)17(29)25(18)14-6-7-23-9-13(14)15(26)27/h2-7,9-10H,8H2,1H3,(H,26,27). The van der Waals surface area contributed by atoms with Gasteiger partial charge in [0.25, 0.3) is 5.91 Å². The van der Waals surface area contributed by atoms with Crippen molar-refractivity contribution in [1.29, 1.82) is 0 Å². The molecule has 11 heteroatoms. The number of anilines is 2. The van der Waals surface area contributed by atoms with Gasteiger partial charge in [-0.1, -0.05) is 6.92 Å². The van der Waals surface area contributed by atoms with Crippen molar-refractivity contribution in [2.24, 2.45) is 5.92 Å². The number of carboxylic acids is 1. The Morgan fingerprint density at radius 2 is 1.87 bits per heavy atom.